The molecule has 0 bridgehead atoms. The fraction of sp³-hybridized carbons (Fsp3) is 0.143. The molecule has 0 unspecified atom stereocenters. The van der Waals surface area contributed by atoms with Crippen molar-refractivity contribution in [2.45, 2.75) is 12.8 Å². The van der Waals surface area contributed by atoms with Crippen molar-refractivity contribution < 1.29 is 17.9 Å². The zero-order chi connectivity index (χ0) is 13.9. The van der Waals surface area contributed by atoms with Crippen LogP contribution in [0.3, 0.4) is 0 Å². The van der Waals surface area contributed by atoms with Crippen molar-refractivity contribution >= 4 is 15.9 Å². The van der Waals surface area contributed by atoms with E-state index in [4.69, 9.17) is 4.74 Å². The Bertz CT molecular complexity index is 567. The van der Waals surface area contributed by atoms with Crippen molar-refractivity contribution in [3.05, 3.63) is 64.1 Å². The molecular weight excluding hydrogens is 321 g/mol. The number of hydrogen-bond donors (Lipinski definition) is 0. The van der Waals surface area contributed by atoms with Crippen molar-refractivity contribution in [3.8, 4) is 5.75 Å². The maximum Gasteiger partial charge on any atom is 0.416 e. The first-order valence-corrected chi connectivity index (χ1v) is 6.29. The zero-order valence-electron chi connectivity index (χ0n) is 9.75. The topological polar surface area (TPSA) is 9.23 Å². The van der Waals surface area contributed by atoms with Crippen LogP contribution in [0, 0.1) is 0 Å². The highest BCUT2D eigenvalue weighted by Crippen LogP contribution is 2.30. The van der Waals surface area contributed by atoms with E-state index in [1.165, 1.54) is 6.07 Å². The fourth-order valence-corrected chi connectivity index (χ4v) is 1.96. The van der Waals surface area contributed by atoms with Gasteiger partial charge in [0.2, 0.25) is 0 Å². The van der Waals surface area contributed by atoms with Gasteiger partial charge in [-0.25, -0.2) is 0 Å². The average Bonchev–Trinajstić information content (AvgIpc) is 2.37. The maximum atomic E-state index is 12.5. The number of ether oxygens (including phenoxy) is 1. The summed E-state index contributed by atoms with van der Waals surface area (Å²) in [4.78, 5) is 0. The normalized spacial score (nSPS) is 11.4. The SMILES string of the molecule is FC(F)(F)c1cccc(COc2ccccc2Br)c1. The third-order valence-electron chi connectivity index (χ3n) is 2.49. The van der Waals surface area contributed by atoms with Crippen LogP contribution in [-0.4, -0.2) is 0 Å². The molecule has 2 rings (SSSR count). The summed E-state index contributed by atoms with van der Waals surface area (Å²) in [5.41, 5.74) is -0.189. The second-order valence-electron chi connectivity index (χ2n) is 3.92. The summed E-state index contributed by atoms with van der Waals surface area (Å²) in [7, 11) is 0. The third-order valence-corrected chi connectivity index (χ3v) is 3.14. The Morgan fingerprint density at radius 3 is 2.42 bits per heavy atom. The van der Waals surface area contributed by atoms with Crippen LogP contribution in [0.4, 0.5) is 13.2 Å². The molecule has 0 aromatic heterocycles. The highest BCUT2D eigenvalue weighted by atomic mass is 79.9. The van der Waals surface area contributed by atoms with Gasteiger partial charge in [0.1, 0.15) is 12.4 Å². The molecule has 2 aromatic rings. The fourth-order valence-electron chi connectivity index (χ4n) is 1.56. The number of benzene rings is 2. The minimum atomic E-state index is -4.33. The summed E-state index contributed by atoms with van der Waals surface area (Å²) in [6.45, 7) is 0.0898. The van der Waals surface area contributed by atoms with E-state index in [9.17, 15) is 13.2 Å². The first-order chi connectivity index (χ1) is 8.97. The summed E-state index contributed by atoms with van der Waals surface area (Å²) in [5.74, 6) is 0.597. The molecule has 19 heavy (non-hydrogen) atoms. The highest BCUT2D eigenvalue weighted by molar-refractivity contribution is 9.10. The molecule has 0 atom stereocenters. The zero-order valence-corrected chi connectivity index (χ0v) is 11.3. The number of para-hydroxylation sites is 1. The van der Waals surface area contributed by atoms with Crippen molar-refractivity contribution in [1.82, 2.24) is 0 Å². The van der Waals surface area contributed by atoms with E-state index in [0.717, 1.165) is 16.6 Å². The van der Waals surface area contributed by atoms with Crippen LogP contribution in [0.1, 0.15) is 11.1 Å². The molecule has 2 aromatic carbocycles. The predicted molar refractivity (Wildman–Crippen MR) is 69.9 cm³/mol. The lowest BCUT2D eigenvalue weighted by molar-refractivity contribution is -0.137. The van der Waals surface area contributed by atoms with E-state index in [1.807, 2.05) is 12.1 Å². The second-order valence-corrected chi connectivity index (χ2v) is 4.77. The van der Waals surface area contributed by atoms with Crippen LogP contribution in [0.25, 0.3) is 0 Å². The van der Waals surface area contributed by atoms with E-state index in [-0.39, 0.29) is 6.61 Å². The van der Waals surface area contributed by atoms with Crippen LogP contribution < -0.4 is 4.74 Å². The van der Waals surface area contributed by atoms with Gasteiger partial charge in [0.15, 0.2) is 0 Å². The molecular formula is C14H10BrF3O. The number of halogens is 4. The number of rotatable bonds is 3. The van der Waals surface area contributed by atoms with E-state index >= 15 is 0 Å². The second kappa shape index (κ2) is 5.65. The first-order valence-electron chi connectivity index (χ1n) is 5.50. The van der Waals surface area contributed by atoms with Crippen molar-refractivity contribution in [2.75, 3.05) is 0 Å². The summed E-state index contributed by atoms with van der Waals surface area (Å²) >= 11 is 3.31. The van der Waals surface area contributed by atoms with Crippen LogP contribution in [0.15, 0.2) is 53.0 Å². The molecule has 0 N–H and O–H groups in total. The van der Waals surface area contributed by atoms with Crippen LogP contribution in [0.5, 0.6) is 5.75 Å². The minimum absolute atomic E-state index is 0.0898. The molecule has 0 aliphatic rings. The maximum absolute atomic E-state index is 12.5. The Balaban J connectivity index is 2.10. The Kier molecular flexibility index (Phi) is 4.14. The Morgan fingerprint density at radius 1 is 1.00 bits per heavy atom. The van der Waals surface area contributed by atoms with Gasteiger partial charge in [-0.05, 0) is 45.8 Å². The molecule has 0 aliphatic heterocycles. The Morgan fingerprint density at radius 2 is 1.74 bits per heavy atom. The molecule has 0 aliphatic carbocycles. The minimum Gasteiger partial charge on any atom is -0.488 e. The van der Waals surface area contributed by atoms with E-state index in [0.29, 0.717) is 11.3 Å². The standard InChI is InChI=1S/C14H10BrF3O/c15-12-6-1-2-7-13(12)19-9-10-4-3-5-11(8-10)14(16,17)18/h1-8H,9H2. The van der Waals surface area contributed by atoms with E-state index < -0.39 is 11.7 Å². The van der Waals surface area contributed by atoms with Crippen molar-refractivity contribution in [3.63, 3.8) is 0 Å². The van der Waals surface area contributed by atoms with Gasteiger partial charge in [0, 0.05) is 0 Å². The lowest BCUT2D eigenvalue weighted by Crippen LogP contribution is -2.06. The van der Waals surface area contributed by atoms with E-state index in [1.54, 1.807) is 18.2 Å². The summed E-state index contributed by atoms with van der Waals surface area (Å²) in [6, 6.07) is 12.3. The number of hydrogen-bond acceptors (Lipinski definition) is 1. The van der Waals surface area contributed by atoms with Crippen LogP contribution >= 0.6 is 15.9 Å². The molecule has 100 valence electrons. The number of alkyl halides is 3. The predicted octanol–water partition coefficient (Wildman–Crippen LogP) is 5.05. The molecule has 0 amide bonds. The lowest BCUT2D eigenvalue weighted by atomic mass is 10.1. The molecule has 0 fully saturated rings. The van der Waals surface area contributed by atoms with Gasteiger partial charge >= 0.3 is 6.18 Å². The van der Waals surface area contributed by atoms with Gasteiger partial charge in [-0.1, -0.05) is 24.3 Å². The summed E-state index contributed by atoms with van der Waals surface area (Å²) in [6.07, 6.45) is -4.33. The van der Waals surface area contributed by atoms with Gasteiger partial charge in [0.05, 0.1) is 10.0 Å². The van der Waals surface area contributed by atoms with Gasteiger partial charge < -0.3 is 4.74 Å². The summed E-state index contributed by atoms with van der Waals surface area (Å²) in [5, 5.41) is 0. The third kappa shape index (κ3) is 3.73. The first kappa shape index (κ1) is 13.9. The molecule has 1 nitrogen and oxygen atoms in total. The van der Waals surface area contributed by atoms with Crippen molar-refractivity contribution in [1.29, 1.82) is 0 Å². The molecule has 0 spiro atoms. The van der Waals surface area contributed by atoms with Gasteiger partial charge in [0.25, 0.3) is 0 Å². The molecule has 5 heteroatoms. The average molecular weight is 331 g/mol. The van der Waals surface area contributed by atoms with Gasteiger partial charge in [-0.15, -0.1) is 0 Å². The lowest BCUT2D eigenvalue weighted by Gasteiger charge is -2.10. The quantitative estimate of drug-likeness (QED) is 0.765. The molecule has 0 saturated heterocycles. The largest absolute Gasteiger partial charge is 0.488 e. The van der Waals surface area contributed by atoms with Gasteiger partial charge in [-0.3, -0.25) is 0 Å². The molecule has 0 heterocycles. The Hall–Kier alpha value is -1.49. The molecule has 0 saturated carbocycles. The smallest absolute Gasteiger partial charge is 0.416 e. The van der Waals surface area contributed by atoms with Crippen LogP contribution in [0.2, 0.25) is 0 Å². The van der Waals surface area contributed by atoms with Gasteiger partial charge in [-0.2, -0.15) is 13.2 Å². The van der Waals surface area contributed by atoms with Crippen molar-refractivity contribution in [2.24, 2.45) is 0 Å². The van der Waals surface area contributed by atoms with Crippen LogP contribution in [-0.2, 0) is 12.8 Å². The Labute approximate surface area is 117 Å². The molecule has 0 radical (unpaired) electrons. The van der Waals surface area contributed by atoms with E-state index in [2.05, 4.69) is 15.9 Å². The highest BCUT2D eigenvalue weighted by Gasteiger charge is 2.30. The monoisotopic (exact) mass is 330 g/mol. The summed E-state index contributed by atoms with van der Waals surface area (Å²) < 4.78 is 43.9.